The number of oxazole rings is 1. The van der Waals surface area contributed by atoms with Crippen LogP contribution in [-0.2, 0) is 11.5 Å². The fourth-order valence-electron chi connectivity index (χ4n) is 4.44. The van der Waals surface area contributed by atoms with Gasteiger partial charge in [0.1, 0.15) is 29.6 Å². The molecule has 1 heterocycles. The van der Waals surface area contributed by atoms with Gasteiger partial charge in [0.2, 0.25) is 0 Å². The highest BCUT2D eigenvalue weighted by molar-refractivity contribution is 7.98. The molecular formula is C30H24F7N3O4S. The van der Waals surface area contributed by atoms with Gasteiger partial charge in [-0.25, -0.2) is 14.3 Å². The first-order valence-electron chi connectivity index (χ1n) is 12.8. The Hall–Kier alpha value is -4.34. The second-order valence-electron chi connectivity index (χ2n) is 9.37. The molecule has 7 nitrogen and oxygen atoms in total. The van der Waals surface area contributed by atoms with Crippen molar-refractivity contribution in [3.8, 4) is 39.5 Å². The van der Waals surface area contributed by atoms with Crippen LogP contribution in [0.1, 0.15) is 17.0 Å². The molecule has 0 saturated carbocycles. The van der Waals surface area contributed by atoms with Gasteiger partial charge in [-0.15, -0.1) is 24.9 Å². The molecule has 3 aromatic carbocycles. The first kappa shape index (κ1) is 33.6. The van der Waals surface area contributed by atoms with E-state index in [-0.39, 0.29) is 39.7 Å². The van der Waals surface area contributed by atoms with Gasteiger partial charge >= 0.3 is 12.5 Å². The Morgan fingerprint density at radius 1 is 1.02 bits per heavy atom. The summed E-state index contributed by atoms with van der Waals surface area (Å²) < 4.78 is 103. The third-order valence-corrected chi connectivity index (χ3v) is 7.23. The third kappa shape index (κ3) is 7.85. The van der Waals surface area contributed by atoms with Gasteiger partial charge in [0, 0.05) is 46.8 Å². The Bertz CT molecular complexity index is 1730. The lowest BCUT2D eigenvalue weighted by atomic mass is 9.93. The molecule has 45 heavy (non-hydrogen) atoms. The molecule has 0 amide bonds. The van der Waals surface area contributed by atoms with E-state index in [1.807, 2.05) is 0 Å². The second kappa shape index (κ2) is 13.3. The zero-order valence-electron chi connectivity index (χ0n) is 23.7. The van der Waals surface area contributed by atoms with Crippen molar-refractivity contribution in [3.63, 3.8) is 0 Å². The lowest BCUT2D eigenvalue weighted by Gasteiger charge is -2.16. The van der Waals surface area contributed by atoms with Crippen molar-refractivity contribution in [3.05, 3.63) is 83.5 Å². The molecule has 0 saturated heterocycles. The number of allylic oxidation sites excluding steroid dienone is 1. The Labute approximate surface area is 256 Å². The van der Waals surface area contributed by atoms with Gasteiger partial charge in [0.05, 0.1) is 0 Å². The van der Waals surface area contributed by atoms with Crippen LogP contribution < -0.4 is 10.1 Å². The average Bonchev–Trinajstić information content (AvgIpc) is 3.36. The number of thioether (sulfide) groups is 1. The van der Waals surface area contributed by atoms with Crippen LogP contribution in [0.25, 0.3) is 39.4 Å². The summed E-state index contributed by atoms with van der Waals surface area (Å²) in [4.78, 5) is 8.95. The van der Waals surface area contributed by atoms with Crippen molar-refractivity contribution < 1.29 is 50.0 Å². The zero-order chi connectivity index (χ0) is 33.1. The van der Waals surface area contributed by atoms with Gasteiger partial charge in [-0.2, -0.15) is 13.2 Å². The molecule has 0 atom stereocenters. The number of hydrogen-bond donors (Lipinski definition) is 3. The van der Waals surface area contributed by atoms with Crippen LogP contribution in [-0.4, -0.2) is 41.8 Å². The average molecular weight is 656 g/mol. The number of ether oxygens (including phenoxy) is 1. The fraction of sp³-hybridized carbons (Fsp3) is 0.200. The van der Waals surface area contributed by atoms with Gasteiger partial charge in [-0.05, 0) is 65.9 Å². The summed E-state index contributed by atoms with van der Waals surface area (Å²) in [6.07, 6.45) is -7.56. The van der Waals surface area contributed by atoms with E-state index in [1.165, 1.54) is 62.1 Å². The van der Waals surface area contributed by atoms with Crippen LogP contribution in [0, 0.1) is 18.2 Å². The van der Waals surface area contributed by atoms with E-state index in [9.17, 15) is 26.3 Å². The normalized spacial score (nSPS) is 12.4. The van der Waals surface area contributed by atoms with Crippen molar-refractivity contribution in [2.45, 2.75) is 31.0 Å². The molecule has 15 heteroatoms. The lowest BCUT2D eigenvalue weighted by Crippen LogP contribution is -2.21. The third-order valence-electron chi connectivity index (χ3n) is 6.43. The Balaban J connectivity index is 1.95. The number of halogens is 7. The molecule has 238 valence electrons. The van der Waals surface area contributed by atoms with Crippen LogP contribution in [0.15, 0.2) is 70.0 Å². The first-order chi connectivity index (χ1) is 21.1. The molecule has 0 bridgehead atoms. The topological polar surface area (TPSA) is 101 Å². The van der Waals surface area contributed by atoms with Crippen LogP contribution in [0.5, 0.6) is 5.75 Å². The van der Waals surface area contributed by atoms with Crippen molar-refractivity contribution >= 4 is 23.2 Å². The van der Waals surface area contributed by atoms with E-state index < -0.39 is 36.4 Å². The maximum Gasteiger partial charge on any atom is 0.573 e. The standard InChI is InChI=1S/C30H24F7N3O4S/c1-15-40-27(16-4-7-19(8-5-16)44-30(35,36)37)28(43-15)21-10-17(18-11-23(31)22(14-42-41)25(12-18)45-3)6-9-20(21)24(39-2)13-26(38)29(32,33)34/h4-13,38-39,41H,14H2,1-3H3/b24-13-,38-26?. The largest absolute Gasteiger partial charge is 0.573 e. The van der Waals surface area contributed by atoms with Gasteiger partial charge in [0.15, 0.2) is 11.7 Å². The summed E-state index contributed by atoms with van der Waals surface area (Å²) in [7, 11) is 1.36. The van der Waals surface area contributed by atoms with Crippen molar-refractivity contribution in [1.82, 2.24) is 10.3 Å². The highest BCUT2D eigenvalue weighted by Crippen LogP contribution is 2.40. The minimum atomic E-state index is -4.94. The van der Waals surface area contributed by atoms with Crippen molar-refractivity contribution in [1.29, 1.82) is 5.41 Å². The van der Waals surface area contributed by atoms with Crippen molar-refractivity contribution in [2.75, 3.05) is 13.3 Å². The first-order valence-corrected chi connectivity index (χ1v) is 14.0. The molecule has 3 N–H and O–H groups in total. The summed E-state index contributed by atoms with van der Waals surface area (Å²) >= 11 is 1.20. The smallest absolute Gasteiger partial charge is 0.440 e. The van der Waals surface area contributed by atoms with Crippen LogP contribution >= 0.6 is 11.8 Å². The molecule has 0 aliphatic carbocycles. The minimum Gasteiger partial charge on any atom is -0.440 e. The molecule has 1 aromatic heterocycles. The second-order valence-corrected chi connectivity index (χ2v) is 10.2. The van der Waals surface area contributed by atoms with Crippen LogP contribution in [0.4, 0.5) is 30.7 Å². The molecule has 0 radical (unpaired) electrons. The molecular weight excluding hydrogens is 631 g/mol. The van der Waals surface area contributed by atoms with Gasteiger partial charge in [-0.1, -0.05) is 12.1 Å². The summed E-state index contributed by atoms with van der Waals surface area (Å²) in [6, 6.07) is 12.1. The lowest BCUT2D eigenvalue weighted by molar-refractivity contribution is -0.274. The quantitative estimate of drug-likeness (QED) is 0.0516. The number of benzene rings is 3. The van der Waals surface area contributed by atoms with E-state index in [2.05, 4.69) is 19.9 Å². The predicted octanol–water partition coefficient (Wildman–Crippen LogP) is 8.88. The molecule has 4 rings (SSSR count). The summed E-state index contributed by atoms with van der Waals surface area (Å²) in [5, 5.41) is 19.1. The van der Waals surface area contributed by atoms with E-state index in [0.717, 1.165) is 12.1 Å². The Kier molecular flexibility index (Phi) is 9.95. The summed E-state index contributed by atoms with van der Waals surface area (Å²) in [6.45, 7) is 1.11. The molecule has 0 fully saturated rings. The van der Waals surface area contributed by atoms with Gasteiger partial charge in [-0.3, -0.25) is 10.7 Å². The minimum absolute atomic E-state index is 0.0457. The number of rotatable bonds is 10. The Morgan fingerprint density at radius 3 is 2.27 bits per heavy atom. The maximum atomic E-state index is 15.1. The van der Waals surface area contributed by atoms with Gasteiger partial charge < -0.3 is 14.5 Å². The number of nitrogens with one attached hydrogen (secondary N) is 2. The number of hydrogen-bond acceptors (Lipinski definition) is 8. The van der Waals surface area contributed by atoms with Gasteiger partial charge in [0.25, 0.3) is 0 Å². The van der Waals surface area contributed by atoms with Crippen LogP contribution in [0.3, 0.4) is 0 Å². The highest BCUT2D eigenvalue weighted by atomic mass is 32.2. The SMILES string of the molecule is CN/C(=C\C(=N)C(F)(F)F)c1ccc(-c2cc(F)c(COO)c(SC)c2)cc1-c1oc(C)nc1-c1ccc(OC(F)(F)F)cc1. The van der Waals surface area contributed by atoms with Crippen molar-refractivity contribution in [2.24, 2.45) is 0 Å². The highest BCUT2D eigenvalue weighted by Gasteiger charge is 2.34. The van der Waals surface area contributed by atoms with E-state index in [4.69, 9.17) is 15.1 Å². The number of nitrogens with zero attached hydrogens (tertiary/aromatic N) is 1. The molecule has 0 aliphatic rings. The number of alkyl halides is 6. The van der Waals surface area contributed by atoms with E-state index >= 15 is 4.39 Å². The van der Waals surface area contributed by atoms with Crippen LogP contribution in [0.2, 0.25) is 0 Å². The van der Waals surface area contributed by atoms with E-state index in [1.54, 1.807) is 12.3 Å². The zero-order valence-corrected chi connectivity index (χ0v) is 24.5. The molecule has 0 unspecified atom stereocenters. The molecule has 4 aromatic rings. The Morgan fingerprint density at radius 2 is 1.69 bits per heavy atom. The monoisotopic (exact) mass is 655 g/mol. The van der Waals surface area contributed by atoms with E-state index in [0.29, 0.717) is 27.7 Å². The summed E-state index contributed by atoms with van der Waals surface area (Å²) in [5.41, 5.74) is -0.0623. The summed E-state index contributed by atoms with van der Waals surface area (Å²) in [5.74, 6) is -0.981. The number of aromatic nitrogens is 1. The number of aryl methyl sites for hydroxylation is 1. The maximum absolute atomic E-state index is 15.1. The molecule has 0 aliphatic heterocycles. The molecule has 0 spiro atoms. The predicted molar refractivity (Wildman–Crippen MR) is 154 cm³/mol. The fourth-order valence-corrected chi connectivity index (χ4v) is 5.09.